The molecule has 1 aromatic heterocycles. The number of hydrogen-bond donors (Lipinski definition) is 1. The summed E-state index contributed by atoms with van der Waals surface area (Å²) >= 11 is 1.77. The molecular formula is C15H17NO2S. The van der Waals surface area contributed by atoms with Crippen LogP contribution in [0.25, 0.3) is 0 Å². The number of carbonyl (C=O) groups is 1. The van der Waals surface area contributed by atoms with Gasteiger partial charge in [-0.05, 0) is 41.6 Å². The maximum atomic E-state index is 11.3. The molecule has 0 fully saturated rings. The second kappa shape index (κ2) is 6.50. The molecule has 1 aromatic carbocycles. The number of methoxy groups -OCH3 is 1. The third kappa shape index (κ3) is 3.66. The van der Waals surface area contributed by atoms with Crippen LogP contribution >= 0.6 is 11.3 Å². The molecular weight excluding hydrogens is 258 g/mol. The number of nitrogens with one attached hydrogen (secondary N) is 1. The molecule has 1 heterocycles. The standard InChI is InChI=1S/C15H17NO2S/c1-11-7-8-19-14(11)10-16-9-12-3-5-13(6-4-12)15(17)18-2/h3-8,16H,9-10H2,1-2H3. The number of rotatable bonds is 5. The minimum Gasteiger partial charge on any atom is -0.465 e. The van der Waals surface area contributed by atoms with E-state index in [1.165, 1.54) is 17.6 Å². The molecule has 4 heteroatoms. The van der Waals surface area contributed by atoms with Crippen LogP contribution in [0.2, 0.25) is 0 Å². The van der Waals surface area contributed by atoms with Crippen LogP contribution in [0.4, 0.5) is 0 Å². The number of esters is 1. The molecule has 2 rings (SSSR count). The van der Waals surface area contributed by atoms with Gasteiger partial charge in [-0.15, -0.1) is 11.3 Å². The van der Waals surface area contributed by atoms with Gasteiger partial charge in [-0.2, -0.15) is 0 Å². The average Bonchev–Trinajstić information content (AvgIpc) is 2.84. The van der Waals surface area contributed by atoms with E-state index in [1.54, 1.807) is 23.5 Å². The molecule has 0 spiro atoms. The Balaban J connectivity index is 1.86. The first-order valence-corrected chi connectivity index (χ1v) is 6.99. The van der Waals surface area contributed by atoms with Crippen molar-refractivity contribution in [3.63, 3.8) is 0 Å². The zero-order valence-electron chi connectivity index (χ0n) is 11.1. The number of hydrogen-bond acceptors (Lipinski definition) is 4. The minimum atomic E-state index is -0.297. The molecule has 1 N–H and O–H groups in total. The van der Waals surface area contributed by atoms with E-state index in [0.29, 0.717) is 5.56 Å². The molecule has 0 aliphatic rings. The molecule has 0 aliphatic carbocycles. The van der Waals surface area contributed by atoms with Crippen LogP contribution in [0.5, 0.6) is 0 Å². The Morgan fingerprint density at radius 2 is 1.95 bits per heavy atom. The van der Waals surface area contributed by atoms with Crippen LogP contribution in [-0.2, 0) is 17.8 Å². The van der Waals surface area contributed by atoms with Gasteiger partial charge in [0.05, 0.1) is 12.7 Å². The van der Waals surface area contributed by atoms with Crippen molar-refractivity contribution < 1.29 is 9.53 Å². The lowest BCUT2D eigenvalue weighted by Gasteiger charge is -2.05. The van der Waals surface area contributed by atoms with E-state index >= 15 is 0 Å². The normalized spacial score (nSPS) is 10.4. The molecule has 0 unspecified atom stereocenters. The maximum absolute atomic E-state index is 11.3. The van der Waals surface area contributed by atoms with E-state index in [1.807, 2.05) is 12.1 Å². The van der Waals surface area contributed by atoms with Crippen LogP contribution in [0.15, 0.2) is 35.7 Å². The third-order valence-electron chi connectivity index (χ3n) is 2.96. The van der Waals surface area contributed by atoms with Gasteiger partial charge in [0.25, 0.3) is 0 Å². The highest BCUT2D eigenvalue weighted by Crippen LogP contribution is 2.15. The lowest BCUT2D eigenvalue weighted by atomic mass is 10.1. The van der Waals surface area contributed by atoms with Gasteiger partial charge in [0.1, 0.15) is 0 Å². The Labute approximate surface area is 117 Å². The van der Waals surface area contributed by atoms with Crippen LogP contribution in [0.1, 0.15) is 26.4 Å². The quantitative estimate of drug-likeness (QED) is 0.852. The lowest BCUT2D eigenvalue weighted by Crippen LogP contribution is -2.12. The molecule has 2 aromatic rings. The molecule has 19 heavy (non-hydrogen) atoms. The monoisotopic (exact) mass is 275 g/mol. The fourth-order valence-corrected chi connectivity index (χ4v) is 2.66. The number of carbonyl (C=O) groups excluding carboxylic acids is 1. The van der Waals surface area contributed by atoms with Gasteiger partial charge < -0.3 is 10.1 Å². The van der Waals surface area contributed by atoms with E-state index in [4.69, 9.17) is 0 Å². The van der Waals surface area contributed by atoms with Crippen molar-refractivity contribution >= 4 is 17.3 Å². The fraction of sp³-hybridized carbons (Fsp3) is 0.267. The number of aryl methyl sites for hydroxylation is 1. The molecule has 0 radical (unpaired) electrons. The van der Waals surface area contributed by atoms with Crippen molar-refractivity contribution in [3.8, 4) is 0 Å². The number of ether oxygens (including phenoxy) is 1. The Kier molecular flexibility index (Phi) is 4.71. The summed E-state index contributed by atoms with van der Waals surface area (Å²) in [5.74, 6) is -0.297. The van der Waals surface area contributed by atoms with E-state index in [-0.39, 0.29) is 5.97 Å². The summed E-state index contributed by atoms with van der Waals surface area (Å²) in [7, 11) is 1.39. The van der Waals surface area contributed by atoms with Crippen LogP contribution in [0.3, 0.4) is 0 Å². The molecule has 0 saturated carbocycles. The fourth-order valence-electron chi connectivity index (χ4n) is 1.78. The van der Waals surface area contributed by atoms with Gasteiger partial charge in [-0.1, -0.05) is 12.1 Å². The van der Waals surface area contributed by atoms with Crippen molar-refractivity contribution in [1.82, 2.24) is 5.32 Å². The van der Waals surface area contributed by atoms with Gasteiger partial charge in [-0.25, -0.2) is 4.79 Å². The summed E-state index contributed by atoms with van der Waals surface area (Å²) in [6.07, 6.45) is 0. The van der Waals surface area contributed by atoms with Crippen molar-refractivity contribution in [2.24, 2.45) is 0 Å². The topological polar surface area (TPSA) is 38.3 Å². The molecule has 0 atom stereocenters. The first-order valence-electron chi connectivity index (χ1n) is 6.11. The second-order valence-electron chi connectivity index (χ2n) is 4.32. The first-order chi connectivity index (χ1) is 9.20. The summed E-state index contributed by atoms with van der Waals surface area (Å²) in [6.45, 7) is 3.79. The van der Waals surface area contributed by atoms with Crippen molar-refractivity contribution in [3.05, 3.63) is 57.3 Å². The predicted octanol–water partition coefficient (Wildman–Crippen LogP) is 3.13. The highest BCUT2D eigenvalue weighted by molar-refractivity contribution is 7.10. The number of thiophene rings is 1. The van der Waals surface area contributed by atoms with Crippen molar-refractivity contribution in [2.75, 3.05) is 7.11 Å². The molecule has 0 amide bonds. The molecule has 0 saturated heterocycles. The highest BCUT2D eigenvalue weighted by Gasteiger charge is 2.04. The Morgan fingerprint density at radius 1 is 1.21 bits per heavy atom. The van der Waals surface area contributed by atoms with Gasteiger partial charge in [0.15, 0.2) is 0 Å². The summed E-state index contributed by atoms with van der Waals surface area (Å²) in [5.41, 5.74) is 3.07. The Morgan fingerprint density at radius 3 is 2.53 bits per heavy atom. The maximum Gasteiger partial charge on any atom is 0.337 e. The predicted molar refractivity (Wildman–Crippen MR) is 77.4 cm³/mol. The highest BCUT2D eigenvalue weighted by atomic mass is 32.1. The van der Waals surface area contributed by atoms with E-state index in [0.717, 1.165) is 18.7 Å². The SMILES string of the molecule is COC(=O)c1ccc(CNCc2sccc2C)cc1. The zero-order valence-corrected chi connectivity index (χ0v) is 11.9. The smallest absolute Gasteiger partial charge is 0.337 e. The van der Waals surface area contributed by atoms with E-state index in [2.05, 4.69) is 28.4 Å². The summed E-state index contributed by atoms with van der Waals surface area (Å²) in [6, 6.07) is 9.60. The zero-order chi connectivity index (χ0) is 13.7. The van der Waals surface area contributed by atoms with E-state index < -0.39 is 0 Å². The van der Waals surface area contributed by atoms with Crippen LogP contribution in [-0.4, -0.2) is 13.1 Å². The van der Waals surface area contributed by atoms with Crippen molar-refractivity contribution in [1.29, 1.82) is 0 Å². The van der Waals surface area contributed by atoms with Gasteiger partial charge >= 0.3 is 5.97 Å². The molecule has 0 bridgehead atoms. The summed E-state index contributed by atoms with van der Waals surface area (Å²) in [4.78, 5) is 12.7. The lowest BCUT2D eigenvalue weighted by molar-refractivity contribution is 0.0600. The van der Waals surface area contributed by atoms with Gasteiger partial charge in [0.2, 0.25) is 0 Å². The van der Waals surface area contributed by atoms with Crippen molar-refractivity contribution in [2.45, 2.75) is 20.0 Å². The molecule has 0 aliphatic heterocycles. The van der Waals surface area contributed by atoms with Gasteiger partial charge in [-0.3, -0.25) is 0 Å². The molecule has 3 nitrogen and oxygen atoms in total. The second-order valence-corrected chi connectivity index (χ2v) is 5.32. The molecule has 100 valence electrons. The minimum absolute atomic E-state index is 0.297. The first kappa shape index (κ1) is 13.8. The summed E-state index contributed by atoms with van der Waals surface area (Å²) in [5, 5.41) is 5.51. The van der Waals surface area contributed by atoms with Gasteiger partial charge in [0, 0.05) is 18.0 Å². The Hall–Kier alpha value is -1.65. The van der Waals surface area contributed by atoms with E-state index in [9.17, 15) is 4.79 Å². The number of benzene rings is 1. The summed E-state index contributed by atoms with van der Waals surface area (Å²) < 4.78 is 4.67. The average molecular weight is 275 g/mol. The van der Waals surface area contributed by atoms with Crippen LogP contribution < -0.4 is 5.32 Å². The van der Waals surface area contributed by atoms with Crippen LogP contribution in [0, 0.1) is 6.92 Å². The third-order valence-corrected chi connectivity index (χ3v) is 3.98. The largest absolute Gasteiger partial charge is 0.465 e. The Bertz CT molecular complexity index is 546.